The summed E-state index contributed by atoms with van der Waals surface area (Å²) in [4.78, 5) is 36.2. The van der Waals surface area contributed by atoms with Crippen molar-refractivity contribution in [2.24, 2.45) is 0 Å². The van der Waals surface area contributed by atoms with Crippen molar-refractivity contribution in [1.82, 2.24) is 4.90 Å². The van der Waals surface area contributed by atoms with Gasteiger partial charge in [0.15, 0.2) is 0 Å². The van der Waals surface area contributed by atoms with Crippen molar-refractivity contribution >= 4 is 34.6 Å². The molecule has 0 aromatic heterocycles. The van der Waals surface area contributed by atoms with E-state index in [2.05, 4.69) is 10.1 Å². The van der Waals surface area contributed by atoms with Crippen LogP contribution in [0.1, 0.15) is 12.0 Å². The number of imide groups is 1. The van der Waals surface area contributed by atoms with Crippen molar-refractivity contribution in [2.45, 2.75) is 18.6 Å². The molecule has 0 saturated carbocycles. The summed E-state index contributed by atoms with van der Waals surface area (Å²) < 4.78 is 4.52. The van der Waals surface area contributed by atoms with Crippen LogP contribution in [0.5, 0.6) is 0 Å². The van der Waals surface area contributed by atoms with Gasteiger partial charge in [-0.1, -0.05) is 23.9 Å². The number of hydrogen-bond donors (Lipinski definition) is 1. The Hall–Kier alpha value is -2.02. The van der Waals surface area contributed by atoms with Crippen LogP contribution in [0.3, 0.4) is 0 Å². The molecule has 2 rings (SSSR count). The molecule has 0 aliphatic carbocycles. The monoisotopic (exact) mass is 308 g/mol. The Morgan fingerprint density at radius 3 is 2.86 bits per heavy atom. The minimum atomic E-state index is -0.691. The number of amides is 2. The second-order valence-corrected chi connectivity index (χ2v) is 5.78. The molecule has 1 aliphatic heterocycles. The molecule has 1 heterocycles. The SMILES string of the molecule is COC(=O)CC1SC(=O)N(CNc2cccc(C)c2)C1=O. The van der Waals surface area contributed by atoms with Crippen molar-refractivity contribution in [1.29, 1.82) is 0 Å². The minimum Gasteiger partial charge on any atom is -0.469 e. The Morgan fingerprint density at radius 1 is 1.43 bits per heavy atom. The van der Waals surface area contributed by atoms with Gasteiger partial charge < -0.3 is 10.1 Å². The van der Waals surface area contributed by atoms with Gasteiger partial charge in [-0.15, -0.1) is 0 Å². The predicted octanol–water partition coefficient (Wildman–Crippen LogP) is 1.99. The number of nitrogens with one attached hydrogen (secondary N) is 1. The molecular weight excluding hydrogens is 292 g/mol. The summed E-state index contributed by atoms with van der Waals surface area (Å²) in [5.41, 5.74) is 1.91. The molecule has 1 aromatic rings. The van der Waals surface area contributed by atoms with Gasteiger partial charge in [-0.05, 0) is 24.6 Å². The van der Waals surface area contributed by atoms with Crippen molar-refractivity contribution in [3.8, 4) is 0 Å². The maximum absolute atomic E-state index is 12.1. The maximum Gasteiger partial charge on any atom is 0.307 e. The van der Waals surface area contributed by atoms with E-state index in [-0.39, 0.29) is 24.2 Å². The molecule has 0 bridgehead atoms. The Labute approximate surface area is 126 Å². The highest BCUT2D eigenvalue weighted by molar-refractivity contribution is 8.15. The average Bonchev–Trinajstić information content (AvgIpc) is 2.71. The van der Waals surface area contributed by atoms with Crippen LogP contribution in [-0.2, 0) is 14.3 Å². The largest absolute Gasteiger partial charge is 0.469 e. The second-order valence-electron chi connectivity index (χ2n) is 4.62. The Kier molecular flexibility index (Phi) is 4.85. The number of anilines is 1. The highest BCUT2D eigenvalue weighted by atomic mass is 32.2. The third-order valence-electron chi connectivity index (χ3n) is 3.04. The van der Waals surface area contributed by atoms with E-state index in [0.717, 1.165) is 27.9 Å². The fourth-order valence-electron chi connectivity index (χ4n) is 1.93. The van der Waals surface area contributed by atoms with Gasteiger partial charge in [0.25, 0.3) is 5.24 Å². The molecule has 6 nitrogen and oxygen atoms in total. The molecule has 7 heteroatoms. The maximum atomic E-state index is 12.1. The average molecular weight is 308 g/mol. The lowest BCUT2D eigenvalue weighted by Crippen LogP contribution is -2.36. The summed E-state index contributed by atoms with van der Waals surface area (Å²) in [6.07, 6.45) is -0.0906. The normalized spacial score (nSPS) is 18.0. The molecule has 1 unspecified atom stereocenters. The number of methoxy groups -OCH3 is 1. The number of carbonyl (C=O) groups is 3. The quantitative estimate of drug-likeness (QED) is 0.838. The number of nitrogens with zero attached hydrogens (tertiary/aromatic N) is 1. The molecule has 1 fully saturated rings. The minimum absolute atomic E-state index is 0.0891. The molecule has 1 atom stereocenters. The lowest BCUT2D eigenvalue weighted by atomic mass is 10.2. The summed E-state index contributed by atoms with van der Waals surface area (Å²) >= 11 is 0.860. The van der Waals surface area contributed by atoms with E-state index in [1.807, 2.05) is 31.2 Å². The van der Waals surface area contributed by atoms with Crippen LogP contribution in [-0.4, -0.2) is 41.0 Å². The van der Waals surface area contributed by atoms with Crippen LogP contribution in [0.4, 0.5) is 10.5 Å². The van der Waals surface area contributed by atoms with Gasteiger partial charge in [0, 0.05) is 5.69 Å². The molecule has 1 saturated heterocycles. The van der Waals surface area contributed by atoms with Gasteiger partial charge in [-0.25, -0.2) is 0 Å². The number of hydrogen-bond acceptors (Lipinski definition) is 6. The van der Waals surface area contributed by atoms with E-state index in [0.29, 0.717) is 0 Å². The van der Waals surface area contributed by atoms with Crippen LogP contribution in [0.15, 0.2) is 24.3 Å². The van der Waals surface area contributed by atoms with Crippen LogP contribution in [0, 0.1) is 6.92 Å². The van der Waals surface area contributed by atoms with Gasteiger partial charge in [-0.3, -0.25) is 19.3 Å². The second kappa shape index (κ2) is 6.62. The van der Waals surface area contributed by atoms with Gasteiger partial charge in [0.2, 0.25) is 5.91 Å². The lowest BCUT2D eigenvalue weighted by molar-refractivity contribution is -0.142. The molecule has 2 amide bonds. The molecule has 1 aliphatic rings. The first-order valence-corrected chi connectivity index (χ1v) is 7.28. The highest BCUT2D eigenvalue weighted by Crippen LogP contribution is 2.29. The number of esters is 1. The molecular formula is C14H16N2O4S. The number of benzene rings is 1. The third kappa shape index (κ3) is 3.75. The van der Waals surface area contributed by atoms with E-state index >= 15 is 0 Å². The van der Waals surface area contributed by atoms with E-state index in [4.69, 9.17) is 0 Å². The van der Waals surface area contributed by atoms with Crippen LogP contribution in [0.2, 0.25) is 0 Å². The standard InChI is InChI=1S/C14H16N2O4S/c1-9-4-3-5-10(6-9)15-8-16-13(18)11(21-14(16)19)7-12(17)20-2/h3-6,11,15H,7-8H2,1-2H3. The van der Waals surface area contributed by atoms with E-state index in [1.54, 1.807) is 0 Å². The van der Waals surface area contributed by atoms with Crippen LogP contribution >= 0.6 is 11.8 Å². The fourth-order valence-corrected chi connectivity index (χ4v) is 2.90. The number of thioether (sulfide) groups is 1. The molecule has 112 valence electrons. The Morgan fingerprint density at radius 2 is 2.19 bits per heavy atom. The molecule has 1 N–H and O–H groups in total. The van der Waals surface area contributed by atoms with Crippen molar-refractivity contribution < 1.29 is 19.1 Å². The van der Waals surface area contributed by atoms with Crippen molar-refractivity contribution in [3.63, 3.8) is 0 Å². The van der Waals surface area contributed by atoms with E-state index < -0.39 is 11.2 Å². The topological polar surface area (TPSA) is 75.7 Å². The molecule has 21 heavy (non-hydrogen) atoms. The number of rotatable bonds is 5. The third-order valence-corrected chi connectivity index (χ3v) is 4.12. The van der Waals surface area contributed by atoms with Crippen molar-refractivity contribution in [2.75, 3.05) is 19.1 Å². The van der Waals surface area contributed by atoms with Gasteiger partial charge >= 0.3 is 5.97 Å². The summed E-state index contributed by atoms with van der Waals surface area (Å²) in [5.74, 6) is -0.863. The van der Waals surface area contributed by atoms with Gasteiger partial charge in [0.1, 0.15) is 5.25 Å². The van der Waals surface area contributed by atoms with Crippen molar-refractivity contribution in [3.05, 3.63) is 29.8 Å². The number of carbonyl (C=O) groups excluding carboxylic acids is 3. The first-order chi connectivity index (χ1) is 10.0. The molecule has 1 aromatic carbocycles. The van der Waals surface area contributed by atoms with Gasteiger partial charge in [0.05, 0.1) is 20.2 Å². The Bertz CT molecular complexity index is 576. The molecule has 0 spiro atoms. The van der Waals surface area contributed by atoms with E-state index in [1.165, 1.54) is 7.11 Å². The summed E-state index contributed by atoms with van der Waals surface area (Å²) in [7, 11) is 1.26. The van der Waals surface area contributed by atoms with Crippen LogP contribution < -0.4 is 5.32 Å². The van der Waals surface area contributed by atoms with Gasteiger partial charge in [-0.2, -0.15) is 0 Å². The predicted molar refractivity (Wildman–Crippen MR) is 79.9 cm³/mol. The summed E-state index contributed by atoms with van der Waals surface area (Å²) in [6.45, 7) is 2.05. The zero-order valence-corrected chi connectivity index (χ0v) is 12.6. The van der Waals surface area contributed by atoms with Crippen LogP contribution in [0.25, 0.3) is 0 Å². The lowest BCUT2D eigenvalue weighted by Gasteiger charge is -2.15. The summed E-state index contributed by atoms with van der Waals surface area (Å²) in [5, 5.41) is 1.99. The highest BCUT2D eigenvalue weighted by Gasteiger charge is 2.40. The first kappa shape index (κ1) is 15.4. The fraction of sp³-hybridized carbons (Fsp3) is 0.357. The zero-order valence-electron chi connectivity index (χ0n) is 11.8. The number of aryl methyl sites for hydroxylation is 1. The Balaban J connectivity index is 1.96. The first-order valence-electron chi connectivity index (χ1n) is 6.40. The smallest absolute Gasteiger partial charge is 0.307 e. The van der Waals surface area contributed by atoms with E-state index in [9.17, 15) is 14.4 Å². The zero-order chi connectivity index (χ0) is 15.4. The summed E-state index contributed by atoms with van der Waals surface area (Å²) in [6, 6.07) is 7.63. The molecule has 0 radical (unpaired) electrons. The number of ether oxygens (including phenoxy) is 1.